The van der Waals surface area contributed by atoms with Crippen molar-refractivity contribution in [3.8, 4) is 11.5 Å². The Morgan fingerprint density at radius 2 is 1.66 bits per heavy atom. The third kappa shape index (κ3) is 4.99. The topological polar surface area (TPSA) is 97.0 Å². The molecule has 2 aromatic rings. The van der Waals surface area contributed by atoms with Gasteiger partial charge < -0.3 is 20.1 Å². The second-order valence-corrected chi connectivity index (χ2v) is 7.19. The van der Waals surface area contributed by atoms with Crippen LogP contribution in [0.1, 0.15) is 25.8 Å². The molecule has 1 aliphatic heterocycles. The van der Waals surface area contributed by atoms with Gasteiger partial charge in [0.25, 0.3) is 5.91 Å². The molecule has 0 saturated carbocycles. The standard InChI is InChI=1S/C23H26FN3O5/c1-3-23(16-5-7-17(24)8-6-16)21(29)27(22(30)26-23)15-20(28)25-13-14-32-19-11-9-18(10-12-19)31-4-2/h5-12H,3-4,13-15H2,1-2H3,(H,25,28)(H,26,30)/t23-/m1/s1. The SMILES string of the molecule is CCOc1ccc(OCCNC(=O)CN2C(=O)N[C@](CC)(c3ccc(F)cc3)C2=O)cc1. The van der Waals surface area contributed by atoms with Gasteiger partial charge in [0.2, 0.25) is 5.91 Å². The van der Waals surface area contributed by atoms with Gasteiger partial charge in [-0.15, -0.1) is 0 Å². The maximum absolute atomic E-state index is 13.3. The molecule has 2 aromatic carbocycles. The van der Waals surface area contributed by atoms with E-state index in [4.69, 9.17) is 9.47 Å². The molecule has 9 heteroatoms. The minimum absolute atomic E-state index is 0.201. The van der Waals surface area contributed by atoms with Crippen LogP contribution in [-0.4, -0.2) is 49.0 Å². The molecule has 2 N–H and O–H groups in total. The van der Waals surface area contributed by atoms with Crippen LogP contribution in [0.4, 0.5) is 9.18 Å². The Hall–Kier alpha value is -3.62. The predicted molar refractivity (Wildman–Crippen MR) is 115 cm³/mol. The van der Waals surface area contributed by atoms with Gasteiger partial charge in [0.05, 0.1) is 13.2 Å². The summed E-state index contributed by atoms with van der Waals surface area (Å²) in [7, 11) is 0. The van der Waals surface area contributed by atoms with Crippen LogP contribution < -0.4 is 20.1 Å². The van der Waals surface area contributed by atoms with Gasteiger partial charge in [-0.1, -0.05) is 19.1 Å². The molecule has 32 heavy (non-hydrogen) atoms. The fourth-order valence-corrected chi connectivity index (χ4v) is 3.50. The van der Waals surface area contributed by atoms with E-state index in [1.54, 1.807) is 31.2 Å². The van der Waals surface area contributed by atoms with E-state index in [0.29, 0.717) is 17.9 Å². The second kappa shape index (κ2) is 10.1. The first-order valence-corrected chi connectivity index (χ1v) is 10.4. The van der Waals surface area contributed by atoms with E-state index in [2.05, 4.69) is 10.6 Å². The molecule has 1 fully saturated rings. The lowest BCUT2D eigenvalue weighted by molar-refractivity contribution is -0.135. The van der Waals surface area contributed by atoms with Crippen LogP contribution in [0.2, 0.25) is 0 Å². The van der Waals surface area contributed by atoms with Gasteiger partial charge in [0.1, 0.15) is 36.0 Å². The summed E-state index contributed by atoms with van der Waals surface area (Å²) in [5.74, 6) is -0.109. The Labute approximate surface area is 185 Å². The lowest BCUT2D eigenvalue weighted by Crippen LogP contribution is -2.45. The normalized spacial score (nSPS) is 17.8. The van der Waals surface area contributed by atoms with Crippen LogP contribution >= 0.6 is 0 Å². The van der Waals surface area contributed by atoms with Crippen LogP contribution in [0.5, 0.6) is 11.5 Å². The van der Waals surface area contributed by atoms with Gasteiger partial charge in [-0.05, 0) is 55.3 Å². The summed E-state index contributed by atoms with van der Waals surface area (Å²) in [6, 6.07) is 11.8. The lowest BCUT2D eigenvalue weighted by atomic mass is 9.87. The van der Waals surface area contributed by atoms with Gasteiger partial charge in [-0.25, -0.2) is 9.18 Å². The summed E-state index contributed by atoms with van der Waals surface area (Å²) < 4.78 is 24.2. The first kappa shape index (κ1) is 23.1. The Morgan fingerprint density at radius 3 is 2.25 bits per heavy atom. The molecule has 170 valence electrons. The molecule has 4 amide bonds. The summed E-state index contributed by atoms with van der Waals surface area (Å²) in [6.07, 6.45) is 0.261. The Morgan fingerprint density at radius 1 is 1.03 bits per heavy atom. The highest BCUT2D eigenvalue weighted by Gasteiger charge is 2.51. The number of rotatable bonds is 10. The number of hydrogen-bond donors (Lipinski definition) is 2. The summed E-state index contributed by atoms with van der Waals surface area (Å²) in [4.78, 5) is 38.6. The minimum Gasteiger partial charge on any atom is -0.494 e. The van der Waals surface area contributed by atoms with E-state index in [1.165, 1.54) is 24.3 Å². The summed E-state index contributed by atoms with van der Waals surface area (Å²) in [5, 5.41) is 5.29. The molecule has 8 nitrogen and oxygen atoms in total. The fraction of sp³-hybridized carbons (Fsp3) is 0.348. The first-order chi connectivity index (χ1) is 15.4. The van der Waals surface area contributed by atoms with Crippen molar-refractivity contribution in [1.82, 2.24) is 15.5 Å². The lowest BCUT2D eigenvalue weighted by Gasteiger charge is -2.25. The number of benzene rings is 2. The number of amides is 4. The van der Waals surface area contributed by atoms with Gasteiger partial charge in [-0.3, -0.25) is 14.5 Å². The summed E-state index contributed by atoms with van der Waals surface area (Å²) >= 11 is 0. The fourth-order valence-electron chi connectivity index (χ4n) is 3.50. The van der Waals surface area contributed by atoms with E-state index in [-0.39, 0.29) is 19.6 Å². The third-order valence-corrected chi connectivity index (χ3v) is 5.17. The molecule has 0 unspecified atom stereocenters. The van der Waals surface area contributed by atoms with Gasteiger partial charge >= 0.3 is 6.03 Å². The molecule has 0 aromatic heterocycles. The van der Waals surface area contributed by atoms with E-state index in [9.17, 15) is 18.8 Å². The van der Waals surface area contributed by atoms with E-state index in [1.807, 2.05) is 6.92 Å². The third-order valence-electron chi connectivity index (χ3n) is 5.17. The Bertz CT molecular complexity index is 965. The smallest absolute Gasteiger partial charge is 0.325 e. The van der Waals surface area contributed by atoms with Crippen molar-refractivity contribution in [2.75, 3.05) is 26.3 Å². The zero-order chi connectivity index (χ0) is 23.1. The zero-order valence-electron chi connectivity index (χ0n) is 18.0. The predicted octanol–water partition coefficient (Wildman–Crippen LogP) is 2.58. The monoisotopic (exact) mass is 443 g/mol. The number of nitrogens with zero attached hydrogens (tertiary/aromatic N) is 1. The number of imide groups is 1. The average Bonchev–Trinajstić information content (AvgIpc) is 3.03. The van der Waals surface area contributed by atoms with Gasteiger partial charge in [0, 0.05) is 0 Å². The van der Waals surface area contributed by atoms with Crippen molar-refractivity contribution >= 4 is 17.8 Å². The van der Waals surface area contributed by atoms with Gasteiger partial charge in [-0.2, -0.15) is 0 Å². The Kier molecular flexibility index (Phi) is 7.29. The molecule has 1 heterocycles. The number of carbonyl (C=O) groups excluding carboxylic acids is 3. The number of hydrogen-bond acceptors (Lipinski definition) is 5. The molecule has 0 aliphatic carbocycles. The maximum Gasteiger partial charge on any atom is 0.325 e. The van der Waals surface area contributed by atoms with E-state index < -0.39 is 35.7 Å². The molecule has 1 saturated heterocycles. The van der Waals surface area contributed by atoms with Crippen LogP contribution in [0.3, 0.4) is 0 Å². The quantitative estimate of drug-likeness (QED) is 0.435. The molecule has 1 aliphatic rings. The number of ether oxygens (including phenoxy) is 2. The number of nitrogens with one attached hydrogen (secondary N) is 2. The van der Waals surface area contributed by atoms with Crippen molar-refractivity contribution in [2.24, 2.45) is 0 Å². The molecule has 3 rings (SSSR count). The van der Waals surface area contributed by atoms with Crippen molar-refractivity contribution in [3.63, 3.8) is 0 Å². The molecule has 0 spiro atoms. The first-order valence-electron chi connectivity index (χ1n) is 10.4. The molecular weight excluding hydrogens is 417 g/mol. The average molecular weight is 443 g/mol. The van der Waals surface area contributed by atoms with E-state index >= 15 is 0 Å². The van der Waals surface area contributed by atoms with Gasteiger partial charge in [0.15, 0.2) is 0 Å². The van der Waals surface area contributed by atoms with E-state index in [0.717, 1.165) is 10.6 Å². The Balaban J connectivity index is 1.51. The summed E-state index contributed by atoms with van der Waals surface area (Å²) in [5.41, 5.74) is -0.853. The maximum atomic E-state index is 13.3. The van der Waals surface area contributed by atoms with Crippen molar-refractivity contribution < 1.29 is 28.2 Å². The zero-order valence-corrected chi connectivity index (χ0v) is 18.0. The number of urea groups is 1. The molecule has 0 radical (unpaired) electrons. The van der Waals surface area contributed by atoms with Crippen LogP contribution in [0.15, 0.2) is 48.5 Å². The number of carbonyl (C=O) groups is 3. The van der Waals surface area contributed by atoms with Crippen molar-refractivity contribution in [1.29, 1.82) is 0 Å². The van der Waals surface area contributed by atoms with Crippen LogP contribution in [0.25, 0.3) is 0 Å². The van der Waals surface area contributed by atoms with Crippen molar-refractivity contribution in [3.05, 3.63) is 59.9 Å². The minimum atomic E-state index is -1.32. The molecular formula is C23H26FN3O5. The molecule has 0 bridgehead atoms. The van der Waals surface area contributed by atoms with Crippen LogP contribution in [0, 0.1) is 5.82 Å². The second-order valence-electron chi connectivity index (χ2n) is 7.19. The van der Waals surface area contributed by atoms with Crippen LogP contribution in [-0.2, 0) is 15.1 Å². The summed E-state index contributed by atoms with van der Waals surface area (Å²) in [6.45, 7) is 4.21. The highest BCUT2D eigenvalue weighted by Crippen LogP contribution is 2.32. The largest absolute Gasteiger partial charge is 0.494 e. The highest BCUT2D eigenvalue weighted by molar-refractivity contribution is 6.09. The van der Waals surface area contributed by atoms with Crippen molar-refractivity contribution in [2.45, 2.75) is 25.8 Å². The molecule has 1 atom stereocenters. The number of halogens is 1. The highest BCUT2D eigenvalue weighted by atomic mass is 19.1.